The van der Waals surface area contributed by atoms with Gasteiger partial charge in [-0.2, -0.15) is 0 Å². The number of amides is 1. The molecule has 25 heavy (non-hydrogen) atoms. The predicted molar refractivity (Wildman–Crippen MR) is 111 cm³/mol. The molecular formula is C17H26Cl2N4OS. The summed E-state index contributed by atoms with van der Waals surface area (Å²) in [4.78, 5) is 18.6. The molecular weight excluding hydrogens is 379 g/mol. The summed E-state index contributed by atoms with van der Waals surface area (Å²) in [5.74, 6) is -0.104. The Morgan fingerprint density at radius 3 is 2.64 bits per heavy atom. The molecule has 0 aliphatic rings. The highest BCUT2D eigenvalue weighted by Crippen LogP contribution is 2.13. The standard InChI is InChI=1S/C17H24N4OS.2ClH/c1-2-21(14-7-4-3-5-8-14)12-6-11-19-17(22)15-13-23-16(20-15)9-10-18;;/h3-5,7-8,13H,2,6,9-12,18H2,1H3,(H,19,22);2*1H. The van der Waals surface area contributed by atoms with Gasteiger partial charge in [0.25, 0.3) is 5.91 Å². The molecule has 0 radical (unpaired) electrons. The maximum Gasteiger partial charge on any atom is 0.270 e. The highest BCUT2D eigenvalue weighted by molar-refractivity contribution is 7.09. The van der Waals surface area contributed by atoms with Gasteiger partial charge in [0, 0.05) is 37.1 Å². The summed E-state index contributed by atoms with van der Waals surface area (Å²) < 4.78 is 0. The highest BCUT2D eigenvalue weighted by Gasteiger charge is 2.10. The summed E-state index contributed by atoms with van der Waals surface area (Å²) in [5, 5.41) is 5.64. The van der Waals surface area contributed by atoms with Crippen molar-refractivity contribution in [2.75, 3.05) is 31.1 Å². The van der Waals surface area contributed by atoms with Crippen molar-refractivity contribution in [3.63, 3.8) is 0 Å². The first-order valence-corrected chi connectivity index (χ1v) is 8.85. The number of hydrogen-bond acceptors (Lipinski definition) is 5. The molecule has 0 aliphatic heterocycles. The van der Waals surface area contributed by atoms with Crippen molar-refractivity contribution < 1.29 is 4.79 Å². The molecule has 2 rings (SSSR count). The Labute approximate surface area is 165 Å². The SMILES string of the molecule is CCN(CCCNC(=O)c1csc(CCN)n1)c1ccccc1.Cl.Cl. The van der Waals surface area contributed by atoms with Crippen molar-refractivity contribution in [3.05, 3.63) is 46.4 Å². The Morgan fingerprint density at radius 2 is 2.00 bits per heavy atom. The quantitative estimate of drug-likeness (QED) is 0.629. The molecule has 3 N–H and O–H groups in total. The number of nitrogens with zero attached hydrogens (tertiary/aromatic N) is 2. The van der Waals surface area contributed by atoms with E-state index in [0.717, 1.165) is 30.9 Å². The summed E-state index contributed by atoms with van der Waals surface area (Å²) in [7, 11) is 0. The number of anilines is 1. The van der Waals surface area contributed by atoms with Gasteiger partial charge in [-0.25, -0.2) is 4.98 Å². The first-order valence-electron chi connectivity index (χ1n) is 7.97. The number of aromatic nitrogens is 1. The van der Waals surface area contributed by atoms with Crippen molar-refractivity contribution in [2.45, 2.75) is 19.8 Å². The van der Waals surface area contributed by atoms with Crippen LogP contribution in [-0.4, -0.2) is 37.1 Å². The van der Waals surface area contributed by atoms with Crippen LogP contribution in [0.1, 0.15) is 28.8 Å². The average Bonchev–Trinajstić information content (AvgIpc) is 3.05. The van der Waals surface area contributed by atoms with E-state index in [1.54, 1.807) is 5.38 Å². The summed E-state index contributed by atoms with van der Waals surface area (Å²) >= 11 is 1.49. The van der Waals surface area contributed by atoms with E-state index in [4.69, 9.17) is 5.73 Å². The lowest BCUT2D eigenvalue weighted by molar-refractivity contribution is 0.0949. The molecule has 0 bridgehead atoms. The minimum absolute atomic E-state index is 0. The maximum absolute atomic E-state index is 12.0. The lowest BCUT2D eigenvalue weighted by Gasteiger charge is -2.23. The van der Waals surface area contributed by atoms with Crippen LogP contribution in [0, 0.1) is 0 Å². The number of rotatable bonds is 9. The van der Waals surface area contributed by atoms with E-state index in [-0.39, 0.29) is 30.7 Å². The Hall–Kier alpha value is -1.34. The monoisotopic (exact) mass is 404 g/mol. The van der Waals surface area contributed by atoms with E-state index < -0.39 is 0 Å². The largest absolute Gasteiger partial charge is 0.372 e. The van der Waals surface area contributed by atoms with Crippen LogP contribution in [0.4, 0.5) is 5.69 Å². The second kappa shape index (κ2) is 12.9. The molecule has 0 fully saturated rings. The molecule has 0 atom stereocenters. The molecule has 0 spiro atoms. The van der Waals surface area contributed by atoms with Crippen LogP contribution in [0.5, 0.6) is 0 Å². The van der Waals surface area contributed by atoms with Gasteiger partial charge in [-0.1, -0.05) is 18.2 Å². The number of para-hydroxylation sites is 1. The van der Waals surface area contributed by atoms with E-state index in [9.17, 15) is 4.79 Å². The molecule has 0 aliphatic carbocycles. The predicted octanol–water partition coefficient (Wildman–Crippen LogP) is 3.13. The molecule has 5 nitrogen and oxygen atoms in total. The normalized spacial score (nSPS) is 9.68. The Balaban J connectivity index is 0.00000288. The van der Waals surface area contributed by atoms with Crippen molar-refractivity contribution >= 4 is 47.7 Å². The van der Waals surface area contributed by atoms with Gasteiger partial charge in [-0.05, 0) is 32.0 Å². The van der Waals surface area contributed by atoms with E-state index >= 15 is 0 Å². The van der Waals surface area contributed by atoms with Crippen molar-refractivity contribution in [3.8, 4) is 0 Å². The number of carbonyl (C=O) groups is 1. The highest BCUT2D eigenvalue weighted by atomic mass is 35.5. The van der Waals surface area contributed by atoms with E-state index in [1.807, 2.05) is 18.2 Å². The number of carbonyl (C=O) groups excluding carboxylic acids is 1. The number of nitrogens with two attached hydrogens (primary N) is 1. The van der Waals surface area contributed by atoms with Crippen LogP contribution in [0.15, 0.2) is 35.7 Å². The fraction of sp³-hybridized carbons (Fsp3) is 0.412. The van der Waals surface area contributed by atoms with Crippen LogP contribution in [0.25, 0.3) is 0 Å². The van der Waals surface area contributed by atoms with Gasteiger partial charge in [-0.3, -0.25) is 4.79 Å². The third-order valence-corrected chi connectivity index (χ3v) is 4.44. The molecule has 0 unspecified atom stereocenters. The molecule has 0 saturated carbocycles. The van der Waals surface area contributed by atoms with Gasteiger partial charge in [0.05, 0.1) is 5.01 Å². The van der Waals surface area contributed by atoms with E-state index in [1.165, 1.54) is 17.0 Å². The fourth-order valence-electron chi connectivity index (χ4n) is 2.32. The van der Waals surface area contributed by atoms with Gasteiger partial charge in [0.2, 0.25) is 0 Å². The zero-order valence-corrected chi connectivity index (χ0v) is 16.8. The van der Waals surface area contributed by atoms with Crippen molar-refractivity contribution in [1.29, 1.82) is 0 Å². The Kier molecular flexibility index (Phi) is 12.2. The number of hydrogen-bond donors (Lipinski definition) is 2. The first kappa shape index (κ1) is 23.7. The minimum atomic E-state index is -0.104. The topological polar surface area (TPSA) is 71.2 Å². The van der Waals surface area contributed by atoms with Gasteiger partial charge in [0.15, 0.2) is 0 Å². The van der Waals surface area contributed by atoms with E-state index in [2.05, 4.69) is 34.3 Å². The zero-order chi connectivity index (χ0) is 16.5. The molecule has 8 heteroatoms. The van der Waals surface area contributed by atoms with E-state index in [0.29, 0.717) is 18.8 Å². The molecule has 0 saturated heterocycles. The molecule has 2 aromatic rings. The second-order valence-corrected chi connectivity index (χ2v) is 6.13. The van der Waals surface area contributed by atoms with Crippen LogP contribution < -0.4 is 16.0 Å². The molecule has 1 heterocycles. The van der Waals surface area contributed by atoms with Gasteiger partial charge < -0.3 is 16.0 Å². The van der Waals surface area contributed by atoms with Crippen LogP contribution in [-0.2, 0) is 6.42 Å². The lowest BCUT2D eigenvalue weighted by atomic mass is 10.2. The van der Waals surface area contributed by atoms with Gasteiger partial charge in [0.1, 0.15) is 5.69 Å². The number of benzene rings is 1. The number of thiazole rings is 1. The zero-order valence-electron chi connectivity index (χ0n) is 14.3. The molecule has 1 aromatic carbocycles. The molecule has 1 amide bonds. The summed E-state index contributed by atoms with van der Waals surface area (Å²) in [6.07, 6.45) is 1.62. The van der Waals surface area contributed by atoms with Crippen LogP contribution in [0.2, 0.25) is 0 Å². The first-order chi connectivity index (χ1) is 11.2. The average molecular weight is 405 g/mol. The summed E-state index contributed by atoms with van der Waals surface area (Å²) in [6, 6.07) is 10.3. The fourth-order valence-corrected chi connectivity index (χ4v) is 3.12. The van der Waals surface area contributed by atoms with Crippen LogP contribution in [0.3, 0.4) is 0 Å². The van der Waals surface area contributed by atoms with Crippen LogP contribution >= 0.6 is 36.2 Å². The molecule has 1 aromatic heterocycles. The summed E-state index contributed by atoms with van der Waals surface area (Å²) in [5.41, 5.74) is 7.20. The lowest BCUT2D eigenvalue weighted by Crippen LogP contribution is -2.30. The second-order valence-electron chi connectivity index (χ2n) is 5.19. The maximum atomic E-state index is 12.0. The third-order valence-electron chi connectivity index (χ3n) is 3.54. The number of nitrogens with one attached hydrogen (secondary N) is 1. The Morgan fingerprint density at radius 1 is 1.28 bits per heavy atom. The smallest absolute Gasteiger partial charge is 0.270 e. The Bertz CT molecular complexity index is 610. The van der Waals surface area contributed by atoms with Crippen molar-refractivity contribution in [1.82, 2.24) is 10.3 Å². The third kappa shape index (κ3) is 7.61. The minimum Gasteiger partial charge on any atom is -0.372 e. The number of halogens is 2. The van der Waals surface area contributed by atoms with Gasteiger partial charge >= 0.3 is 0 Å². The molecule has 140 valence electrons. The van der Waals surface area contributed by atoms with Crippen molar-refractivity contribution in [2.24, 2.45) is 5.73 Å². The summed E-state index contributed by atoms with van der Waals surface area (Å²) in [6.45, 7) is 5.20. The van der Waals surface area contributed by atoms with Gasteiger partial charge in [-0.15, -0.1) is 36.2 Å².